The predicted molar refractivity (Wildman–Crippen MR) is 53.7 cm³/mol. The van der Waals surface area contributed by atoms with Crippen LogP contribution in [0, 0.1) is 5.92 Å². The number of hydrogen-bond acceptors (Lipinski definition) is 3. The average molecular weight is 201 g/mol. The third-order valence-electron chi connectivity index (χ3n) is 1.61. The fourth-order valence-corrected chi connectivity index (χ4v) is 0.997. The average Bonchev–Trinajstić information content (AvgIpc) is 2.02. The minimum Gasteiger partial charge on any atom is -0.464 e. The van der Waals surface area contributed by atoms with Crippen LogP contribution in [-0.2, 0) is 14.3 Å². The molecule has 0 rings (SSSR count). The molecule has 0 fully saturated rings. The maximum Gasteiger partial charge on any atom is 0.328 e. The topological polar surface area (TPSA) is 55.4 Å². The molecule has 82 valence electrons. The molecule has 14 heavy (non-hydrogen) atoms. The number of carbonyl (C=O) groups is 2. The molecule has 0 saturated heterocycles. The van der Waals surface area contributed by atoms with Crippen molar-refractivity contribution in [3.63, 3.8) is 0 Å². The van der Waals surface area contributed by atoms with Gasteiger partial charge in [-0.05, 0) is 19.8 Å². The van der Waals surface area contributed by atoms with Crippen LogP contribution in [0.15, 0.2) is 0 Å². The smallest absolute Gasteiger partial charge is 0.328 e. The Hall–Kier alpha value is -1.06. The fraction of sp³-hybridized carbons (Fsp3) is 0.800. The van der Waals surface area contributed by atoms with Gasteiger partial charge in [0.25, 0.3) is 0 Å². The van der Waals surface area contributed by atoms with Crippen LogP contribution >= 0.6 is 0 Å². The van der Waals surface area contributed by atoms with E-state index in [1.807, 2.05) is 13.8 Å². The number of hydrogen-bond donors (Lipinski definition) is 1. The molecule has 4 nitrogen and oxygen atoms in total. The number of ether oxygens (including phenoxy) is 1. The standard InChI is InChI=1S/C10H19NO3/c1-5-14-10(13)8(4)11-9(12)6-7(2)3/h7-8H,5-6H2,1-4H3,(H,11,12). The number of rotatable bonds is 5. The Bertz CT molecular complexity index is 202. The molecular formula is C10H19NO3. The predicted octanol–water partition coefficient (Wildman–Crippen LogP) is 1.10. The van der Waals surface area contributed by atoms with Crippen molar-refractivity contribution in [2.24, 2.45) is 5.92 Å². The van der Waals surface area contributed by atoms with Crippen molar-refractivity contribution >= 4 is 11.9 Å². The summed E-state index contributed by atoms with van der Waals surface area (Å²) in [6.07, 6.45) is 0.434. The summed E-state index contributed by atoms with van der Waals surface area (Å²) in [5, 5.41) is 2.58. The zero-order chi connectivity index (χ0) is 11.1. The molecule has 1 atom stereocenters. The van der Waals surface area contributed by atoms with Gasteiger partial charge in [-0.3, -0.25) is 4.79 Å². The monoisotopic (exact) mass is 201 g/mol. The molecule has 0 heterocycles. The summed E-state index contributed by atoms with van der Waals surface area (Å²) in [4.78, 5) is 22.4. The normalized spacial score (nSPS) is 12.4. The lowest BCUT2D eigenvalue weighted by Crippen LogP contribution is -2.39. The first-order valence-electron chi connectivity index (χ1n) is 4.93. The number of nitrogens with one attached hydrogen (secondary N) is 1. The van der Waals surface area contributed by atoms with Crippen LogP contribution in [0.2, 0.25) is 0 Å². The lowest BCUT2D eigenvalue weighted by atomic mass is 10.1. The summed E-state index contributed by atoms with van der Waals surface area (Å²) in [6.45, 7) is 7.60. The van der Waals surface area contributed by atoms with E-state index >= 15 is 0 Å². The third-order valence-corrected chi connectivity index (χ3v) is 1.61. The highest BCUT2D eigenvalue weighted by Gasteiger charge is 2.16. The van der Waals surface area contributed by atoms with E-state index in [2.05, 4.69) is 5.32 Å². The lowest BCUT2D eigenvalue weighted by Gasteiger charge is -2.13. The first kappa shape index (κ1) is 12.9. The molecule has 0 aromatic carbocycles. The maximum atomic E-state index is 11.3. The second-order valence-electron chi connectivity index (χ2n) is 3.64. The van der Waals surface area contributed by atoms with E-state index in [-0.39, 0.29) is 11.9 Å². The zero-order valence-corrected chi connectivity index (χ0v) is 9.29. The van der Waals surface area contributed by atoms with Crippen LogP contribution in [0.25, 0.3) is 0 Å². The van der Waals surface area contributed by atoms with E-state index in [1.54, 1.807) is 13.8 Å². The van der Waals surface area contributed by atoms with Crippen molar-refractivity contribution in [2.45, 2.75) is 40.2 Å². The van der Waals surface area contributed by atoms with E-state index in [0.717, 1.165) is 0 Å². The number of esters is 1. The van der Waals surface area contributed by atoms with E-state index in [9.17, 15) is 9.59 Å². The summed E-state index contributed by atoms with van der Waals surface area (Å²) < 4.78 is 4.76. The second-order valence-corrected chi connectivity index (χ2v) is 3.64. The maximum absolute atomic E-state index is 11.3. The summed E-state index contributed by atoms with van der Waals surface area (Å²) in [6, 6.07) is -0.554. The first-order chi connectivity index (χ1) is 6.47. The Morgan fingerprint density at radius 1 is 1.29 bits per heavy atom. The largest absolute Gasteiger partial charge is 0.464 e. The molecule has 0 radical (unpaired) electrons. The minimum absolute atomic E-state index is 0.111. The quantitative estimate of drug-likeness (QED) is 0.678. The van der Waals surface area contributed by atoms with Crippen molar-refractivity contribution in [3.8, 4) is 0 Å². The van der Waals surface area contributed by atoms with Crippen LogP contribution in [-0.4, -0.2) is 24.5 Å². The van der Waals surface area contributed by atoms with Crippen molar-refractivity contribution in [1.29, 1.82) is 0 Å². The molecule has 1 N–H and O–H groups in total. The van der Waals surface area contributed by atoms with E-state index in [4.69, 9.17) is 4.74 Å². The van der Waals surface area contributed by atoms with Gasteiger partial charge in [-0.2, -0.15) is 0 Å². The molecule has 0 bridgehead atoms. The van der Waals surface area contributed by atoms with Crippen LogP contribution < -0.4 is 5.32 Å². The number of carbonyl (C=O) groups excluding carboxylic acids is 2. The molecule has 0 aliphatic carbocycles. The van der Waals surface area contributed by atoms with Crippen LogP contribution in [0.1, 0.15) is 34.1 Å². The van der Waals surface area contributed by atoms with Crippen molar-refractivity contribution in [3.05, 3.63) is 0 Å². The van der Waals surface area contributed by atoms with E-state index < -0.39 is 6.04 Å². The lowest BCUT2D eigenvalue weighted by molar-refractivity contribution is -0.146. The van der Waals surface area contributed by atoms with Gasteiger partial charge in [0.15, 0.2) is 0 Å². The highest BCUT2D eigenvalue weighted by molar-refractivity contribution is 5.84. The molecule has 1 unspecified atom stereocenters. The summed E-state index contributed by atoms with van der Waals surface area (Å²) in [5.74, 6) is -0.199. The van der Waals surface area contributed by atoms with Crippen LogP contribution in [0.5, 0.6) is 0 Å². The molecular weight excluding hydrogens is 182 g/mol. The molecule has 0 aromatic rings. The zero-order valence-electron chi connectivity index (χ0n) is 9.29. The van der Waals surface area contributed by atoms with E-state index in [1.165, 1.54) is 0 Å². The summed E-state index contributed by atoms with van der Waals surface area (Å²) in [5.41, 5.74) is 0. The van der Waals surface area contributed by atoms with Crippen LogP contribution in [0.3, 0.4) is 0 Å². The molecule has 0 spiro atoms. The van der Waals surface area contributed by atoms with Crippen molar-refractivity contribution in [1.82, 2.24) is 5.32 Å². The third kappa shape index (κ3) is 5.56. The molecule has 0 aliphatic rings. The van der Waals surface area contributed by atoms with Gasteiger partial charge < -0.3 is 10.1 Å². The van der Waals surface area contributed by atoms with Gasteiger partial charge in [-0.15, -0.1) is 0 Å². The first-order valence-corrected chi connectivity index (χ1v) is 4.93. The Morgan fingerprint density at radius 2 is 1.86 bits per heavy atom. The van der Waals surface area contributed by atoms with Gasteiger partial charge in [0.1, 0.15) is 6.04 Å². The Kier molecular flexibility index (Phi) is 5.92. The van der Waals surface area contributed by atoms with Gasteiger partial charge in [-0.1, -0.05) is 13.8 Å². The fourth-order valence-electron chi connectivity index (χ4n) is 0.997. The molecule has 1 amide bonds. The Labute approximate surface area is 85.0 Å². The molecule has 0 aliphatic heterocycles. The highest BCUT2D eigenvalue weighted by atomic mass is 16.5. The minimum atomic E-state index is -0.554. The van der Waals surface area contributed by atoms with Crippen molar-refractivity contribution in [2.75, 3.05) is 6.61 Å². The van der Waals surface area contributed by atoms with E-state index in [0.29, 0.717) is 18.9 Å². The van der Waals surface area contributed by atoms with Crippen molar-refractivity contribution < 1.29 is 14.3 Å². The number of amides is 1. The molecule has 0 saturated carbocycles. The van der Waals surface area contributed by atoms with Gasteiger partial charge in [0, 0.05) is 6.42 Å². The Balaban J connectivity index is 3.87. The van der Waals surface area contributed by atoms with Gasteiger partial charge in [-0.25, -0.2) is 4.79 Å². The molecule has 4 heteroatoms. The van der Waals surface area contributed by atoms with Crippen LogP contribution in [0.4, 0.5) is 0 Å². The van der Waals surface area contributed by atoms with Gasteiger partial charge in [0.2, 0.25) is 5.91 Å². The summed E-state index contributed by atoms with van der Waals surface area (Å²) >= 11 is 0. The second kappa shape index (κ2) is 6.40. The van der Waals surface area contributed by atoms with Gasteiger partial charge in [0.05, 0.1) is 6.61 Å². The van der Waals surface area contributed by atoms with Gasteiger partial charge >= 0.3 is 5.97 Å². The molecule has 0 aromatic heterocycles. The Morgan fingerprint density at radius 3 is 2.29 bits per heavy atom. The SMILES string of the molecule is CCOC(=O)C(C)NC(=O)CC(C)C. The summed E-state index contributed by atoms with van der Waals surface area (Å²) in [7, 11) is 0. The highest BCUT2D eigenvalue weighted by Crippen LogP contribution is 1.99.